The van der Waals surface area contributed by atoms with Gasteiger partial charge in [-0.15, -0.1) is 0 Å². The van der Waals surface area contributed by atoms with Gasteiger partial charge in [-0.05, 0) is 30.8 Å². The highest BCUT2D eigenvalue weighted by Crippen LogP contribution is 2.18. The fraction of sp³-hybridized carbons (Fsp3) is 0.353. The highest BCUT2D eigenvalue weighted by Gasteiger charge is 1.96. The van der Waals surface area contributed by atoms with Gasteiger partial charge in [-0.1, -0.05) is 50.3 Å². The Labute approximate surface area is 115 Å². The van der Waals surface area contributed by atoms with Gasteiger partial charge >= 0.3 is 0 Å². The largest absolute Gasteiger partial charge is 0.316 e. The molecule has 100 valence electrons. The number of pyridine rings is 1. The van der Waals surface area contributed by atoms with E-state index in [0.717, 1.165) is 19.5 Å². The third-order valence-electron chi connectivity index (χ3n) is 3.04. The SMILES string of the molecule is CC(C)CNCCC=Cc1cncc2ccccc12. The molecule has 2 aromatic rings. The van der Waals surface area contributed by atoms with Crippen LogP contribution < -0.4 is 5.32 Å². The predicted molar refractivity (Wildman–Crippen MR) is 83.1 cm³/mol. The van der Waals surface area contributed by atoms with Gasteiger partial charge < -0.3 is 5.32 Å². The van der Waals surface area contributed by atoms with Crippen molar-refractivity contribution in [3.63, 3.8) is 0 Å². The summed E-state index contributed by atoms with van der Waals surface area (Å²) in [5.41, 5.74) is 1.20. The monoisotopic (exact) mass is 254 g/mol. The summed E-state index contributed by atoms with van der Waals surface area (Å²) in [6, 6.07) is 8.37. The van der Waals surface area contributed by atoms with Crippen molar-refractivity contribution in [2.75, 3.05) is 13.1 Å². The van der Waals surface area contributed by atoms with Crippen LogP contribution in [0.1, 0.15) is 25.8 Å². The van der Waals surface area contributed by atoms with Gasteiger partial charge in [0.15, 0.2) is 0 Å². The number of rotatable bonds is 6. The molecule has 0 radical (unpaired) electrons. The molecule has 0 atom stereocenters. The highest BCUT2D eigenvalue weighted by molar-refractivity contribution is 5.89. The molecule has 0 fully saturated rings. The van der Waals surface area contributed by atoms with Gasteiger partial charge in [0.1, 0.15) is 0 Å². The molecule has 1 N–H and O–H groups in total. The summed E-state index contributed by atoms with van der Waals surface area (Å²) in [6.07, 6.45) is 9.29. The minimum absolute atomic E-state index is 0.714. The number of benzene rings is 1. The minimum Gasteiger partial charge on any atom is -0.316 e. The Morgan fingerprint density at radius 3 is 2.89 bits per heavy atom. The third-order valence-corrected chi connectivity index (χ3v) is 3.04. The molecular formula is C17H22N2. The lowest BCUT2D eigenvalue weighted by molar-refractivity contribution is 0.557. The van der Waals surface area contributed by atoms with Crippen molar-refractivity contribution < 1.29 is 0 Å². The average molecular weight is 254 g/mol. The summed E-state index contributed by atoms with van der Waals surface area (Å²) in [7, 11) is 0. The van der Waals surface area contributed by atoms with Crippen LogP contribution in [-0.4, -0.2) is 18.1 Å². The van der Waals surface area contributed by atoms with Gasteiger partial charge in [0.25, 0.3) is 0 Å². The van der Waals surface area contributed by atoms with E-state index in [1.54, 1.807) is 0 Å². The first kappa shape index (κ1) is 13.8. The fourth-order valence-corrected chi connectivity index (χ4v) is 2.06. The maximum atomic E-state index is 4.28. The molecule has 19 heavy (non-hydrogen) atoms. The minimum atomic E-state index is 0.714. The Balaban J connectivity index is 1.94. The molecule has 0 aliphatic heterocycles. The summed E-state index contributed by atoms with van der Waals surface area (Å²) >= 11 is 0. The molecule has 1 aromatic carbocycles. The second-order valence-electron chi connectivity index (χ2n) is 5.24. The van der Waals surface area contributed by atoms with Crippen molar-refractivity contribution in [2.45, 2.75) is 20.3 Å². The van der Waals surface area contributed by atoms with E-state index < -0.39 is 0 Å². The van der Waals surface area contributed by atoms with Gasteiger partial charge in [0.2, 0.25) is 0 Å². The van der Waals surface area contributed by atoms with E-state index in [2.05, 4.69) is 54.5 Å². The summed E-state index contributed by atoms with van der Waals surface area (Å²) in [5, 5.41) is 5.91. The molecular weight excluding hydrogens is 232 g/mol. The first-order chi connectivity index (χ1) is 9.27. The van der Waals surface area contributed by atoms with Crippen LogP contribution in [0.3, 0.4) is 0 Å². The molecule has 2 heteroatoms. The van der Waals surface area contributed by atoms with E-state index in [0.29, 0.717) is 5.92 Å². The zero-order chi connectivity index (χ0) is 13.5. The molecule has 0 saturated carbocycles. The maximum Gasteiger partial charge on any atom is 0.0346 e. The van der Waals surface area contributed by atoms with Crippen LogP contribution >= 0.6 is 0 Å². The van der Waals surface area contributed by atoms with Crippen molar-refractivity contribution in [1.82, 2.24) is 10.3 Å². The number of nitrogens with zero attached hydrogens (tertiary/aromatic N) is 1. The van der Waals surface area contributed by atoms with Crippen molar-refractivity contribution >= 4 is 16.8 Å². The second-order valence-corrected chi connectivity index (χ2v) is 5.24. The zero-order valence-corrected chi connectivity index (χ0v) is 11.8. The molecule has 0 spiro atoms. The van der Waals surface area contributed by atoms with Crippen LogP contribution in [0.5, 0.6) is 0 Å². The quantitative estimate of drug-likeness (QED) is 0.791. The lowest BCUT2D eigenvalue weighted by Gasteiger charge is -2.05. The highest BCUT2D eigenvalue weighted by atomic mass is 14.8. The first-order valence-corrected chi connectivity index (χ1v) is 6.97. The third kappa shape index (κ3) is 4.18. The summed E-state index contributed by atoms with van der Waals surface area (Å²) in [6.45, 7) is 6.58. The lowest BCUT2D eigenvalue weighted by atomic mass is 10.1. The molecule has 1 aromatic heterocycles. The van der Waals surface area contributed by atoms with E-state index in [1.807, 2.05) is 18.5 Å². The van der Waals surface area contributed by atoms with Crippen LogP contribution in [-0.2, 0) is 0 Å². The van der Waals surface area contributed by atoms with Crippen molar-refractivity contribution in [3.8, 4) is 0 Å². The first-order valence-electron chi connectivity index (χ1n) is 6.97. The Bertz CT molecular complexity index is 538. The van der Waals surface area contributed by atoms with Gasteiger partial charge in [0, 0.05) is 23.3 Å². The molecule has 2 rings (SSSR count). The van der Waals surface area contributed by atoms with Crippen molar-refractivity contribution in [2.24, 2.45) is 5.92 Å². The maximum absolute atomic E-state index is 4.28. The van der Waals surface area contributed by atoms with E-state index >= 15 is 0 Å². The molecule has 0 bridgehead atoms. The van der Waals surface area contributed by atoms with Crippen LogP contribution in [0.2, 0.25) is 0 Å². The molecule has 0 saturated heterocycles. The predicted octanol–water partition coefficient (Wildman–Crippen LogP) is 3.88. The summed E-state index contributed by atoms with van der Waals surface area (Å²) in [5.74, 6) is 0.714. The standard InChI is InChI=1S/C17H22N2/c1-14(2)11-18-10-6-5-8-16-13-19-12-15-7-3-4-9-17(15)16/h3-5,7-9,12-14,18H,6,10-11H2,1-2H3. The number of hydrogen-bond donors (Lipinski definition) is 1. The van der Waals surface area contributed by atoms with Gasteiger partial charge in [-0.2, -0.15) is 0 Å². The fourth-order valence-electron chi connectivity index (χ4n) is 2.06. The molecule has 0 aliphatic carbocycles. The number of fused-ring (bicyclic) bond motifs is 1. The van der Waals surface area contributed by atoms with Crippen LogP contribution in [0.15, 0.2) is 42.7 Å². The Morgan fingerprint density at radius 2 is 2.05 bits per heavy atom. The smallest absolute Gasteiger partial charge is 0.0346 e. The van der Waals surface area contributed by atoms with E-state index in [-0.39, 0.29) is 0 Å². The summed E-state index contributed by atoms with van der Waals surface area (Å²) in [4.78, 5) is 4.28. The number of aromatic nitrogens is 1. The molecule has 0 aliphatic rings. The van der Waals surface area contributed by atoms with Gasteiger partial charge in [-0.25, -0.2) is 0 Å². The van der Waals surface area contributed by atoms with Crippen LogP contribution in [0, 0.1) is 5.92 Å². The van der Waals surface area contributed by atoms with Gasteiger partial charge in [-0.3, -0.25) is 4.98 Å². The van der Waals surface area contributed by atoms with E-state index in [1.165, 1.54) is 16.3 Å². The lowest BCUT2D eigenvalue weighted by Crippen LogP contribution is -2.20. The van der Waals surface area contributed by atoms with Crippen LogP contribution in [0.4, 0.5) is 0 Å². The molecule has 0 unspecified atom stereocenters. The van der Waals surface area contributed by atoms with Crippen LogP contribution in [0.25, 0.3) is 16.8 Å². The Morgan fingerprint density at radius 1 is 1.21 bits per heavy atom. The molecule has 2 nitrogen and oxygen atoms in total. The summed E-state index contributed by atoms with van der Waals surface area (Å²) < 4.78 is 0. The molecule has 0 amide bonds. The molecule has 1 heterocycles. The zero-order valence-electron chi connectivity index (χ0n) is 11.8. The topological polar surface area (TPSA) is 24.9 Å². The van der Waals surface area contributed by atoms with Gasteiger partial charge in [0.05, 0.1) is 0 Å². The van der Waals surface area contributed by atoms with Crippen molar-refractivity contribution in [1.29, 1.82) is 0 Å². The Hall–Kier alpha value is -1.67. The van der Waals surface area contributed by atoms with Crippen molar-refractivity contribution in [3.05, 3.63) is 48.3 Å². The Kier molecular flexibility index (Phi) is 5.10. The average Bonchev–Trinajstić information content (AvgIpc) is 2.42. The van der Waals surface area contributed by atoms with E-state index in [9.17, 15) is 0 Å². The van der Waals surface area contributed by atoms with E-state index in [4.69, 9.17) is 0 Å². The number of hydrogen-bond acceptors (Lipinski definition) is 2. The number of nitrogens with one attached hydrogen (secondary N) is 1. The second kappa shape index (κ2) is 7.05. The normalized spacial score (nSPS) is 11.7.